The van der Waals surface area contributed by atoms with Crippen LogP contribution in [0.4, 0.5) is 0 Å². The molecule has 0 saturated heterocycles. The van der Waals surface area contributed by atoms with Gasteiger partial charge in [-0.1, -0.05) is 37.3 Å². The van der Waals surface area contributed by atoms with E-state index in [1.165, 1.54) is 0 Å². The fourth-order valence-corrected chi connectivity index (χ4v) is 2.08. The van der Waals surface area contributed by atoms with Crippen molar-refractivity contribution in [3.8, 4) is 11.5 Å². The van der Waals surface area contributed by atoms with Crippen LogP contribution >= 0.6 is 0 Å². The summed E-state index contributed by atoms with van der Waals surface area (Å²) in [6.45, 7) is 2.22. The summed E-state index contributed by atoms with van der Waals surface area (Å²) in [7, 11) is 0. The summed E-state index contributed by atoms with van der Waals surface area (Å²) in [5.74, 6) is 1.58. The number of aliphatic hydroxyl groups is 1. The lowest BCUT2D eigenvalue weighted by atomic mass is 10.0. The number of para-hydroxylation sites is 1. The fourth-order valence-electron chi connectivity index (χ4n) is 2.08. The van der Waals surface area contributed by atoms with E-state index in [9.17, 15) is 0 Å². The van der Waals surface area contributed by atoms with Gasteiger partial charge in [0.2, 0.25) is 0 Å². The van der Waals surface area contributed by atoms with Crippen LogP contribution in [0.1, 0.15) is 30.5 Å². The van der Waals surface area contributed by atoms with Gasteiger partial charge >= 0.3 is 0 Å². The van der Waals surface area contributed by atoms with E-state index in [1.807, 2.05) is 48.5 Å². The van der Waals surface area contributed by atoms with Gasteiger partial charge in [0.1, 0.15) is 11.5 Å². The lowest BCUT2D eigenvalue weighted by Crippen LogP contribution is -2.09. The van der Waals surface area contributed by atoms with Gasteiger partial charge in [0, 0.05) is 18.2 Å². The number of hydrogen-bond donors (Lipinski definition) is 2. The number of benzene rings is 2. The summed E-state index contributed by atoms with van der Waals surface area (Å²) in [6, 6.07) is 15.6. The van der Waals surface area contributed by atoms with E-state index in [0.717, 1.165) is 29.0 Å². The van der Waals surface area contributed by atoms with E-state index in [0.29, 0.717) is 6.42 Å². The van der Waals surface area contributed by atoms with Crippen LogP contribution in [0.3, 0.4) is 0 Å². The van der Waals surface area contributed by atoms with Crippen molar-refractivity contribution in [2.24, 2.45) is 5.73 Å². The zero-order chi connectivity index (χ0) is 14.4. The van der Waals surface area contributed by atoms with Crippen LogP contribution in [0.25, 0.3) is 0 Å². The smallest absolute Gasteiger partial charge is 0.132 e. The van der Waals surface area contributed by atoms with Crippen molar-refractivity contribution in [3.05, 3.63) is 59.7 Å². The summed E-state index contributed by atoms with van der Waals surface area (Å²) in [4.78, 5) is 0. The number of aliphatic hydroxyl groups excluding tert-OH is 1. The minimum atomic E-state index is -0.0140. The average Bonchev–Trinajstić information content (AvgIpc) is 2.49. The molecule has 1 atom stereocenters. The average molecular weight is 271 g/mol. The maximum absolute atomic E-state index is 8.90. The molecule has 0 aliphatic carbocycles. The molecule has 0 radical (unpaired) electrons. The van der Waals surface area contributed by atoms with Crippen LogP contribution in [0.2, 0.25) is 0 Å². The van der Waals surface area contributed by atoms with Gasteiger partial charge in [-0.3, -0.25) is 0 Å². The van der Waals surface area contributed by atoms with Gasteiger partial charge in [0.25, 0.3) is 0 Å². The number of ether oxygens (including phenoxy) is 1. The van der Waals surface area contributed by atoms with Crippen LogP contribution in [-0.2, 0) is 6.42 Å². The first-order valence-electron chi connectivity index (χ1n) is 6.96. The molecule has 0 saturated carbocycles. The first-order valence-corrected chi connectivity index (χ1v) is 6.96. The largest absolute Gasteiger partial charge is 0.457 e. The van der Waals surface area contributed by atoms with E-state index in [4.69, 9.17) is 15.6 Å². The maximum Gasteiger partial charge on any atom is 0.132 e. The zero-order valence-corrected chi connectivity index (χ0v) is 11.8. The molecule has 2 rings (SSSR count). The molecular weight excluding hydrogens is 250 g/mol. The molecule has 20 heavy (non-hydrogen) atoms. The SMILES string of the molecule is CC[C@H](N)c1ccccc1Oc1ccc(CCO)cc1. The van der Waals surface area contributed by atoms with Crippen molar-refractivity contribution < 1.29 is 9.84 Å². The van der Waals surface area contributed by atoms with Crippen molar-refractivity contribution in [1.82, 2.24) is 0 Å². The Morgan fingerprint density at radius 3 is 2.45 bits per heavy atom. The number of hydrogen-bond acceptors (Lipinski definition) is 3. The van der Waals surface area contributed by atoms with E-state index in [1.54, 1.807) is 0 Å². The Kier molecular flexibility index (Phi) is 5.16. The summed E-state index contributed by atoms with van der Waals surface area (Å²) in [6.07, 6.45) is 1.54. The molecule has 0 bridgehead atoms. The minimum Gasteiger partial charge on any atom is -0.457 e. The molecule has 0 fully saturated rings. The van der Waals surface area contributed by atoms with Crippen LogP contribution in [0.15, 0.2) is 48.5 Å². The van der Waals surface area contributed by atoms with Crippen molar-refractivity contribution in [2.45, 2.75) is 25.8 Å². The van der Waals surface area contributed by atoms with Crippen molar-refractivity contribution in [3.63, 3.8) is 0 Å². The molecule has 0 aromatic heterocycles. The van der Waals surface area contributed by atoms with E-state index >= 15 is 0 Å². The van der Waals surface area contributed by atoms with Gasteiger partial charge in [-0.15, -0.1) is 0 Å². The van der Waals surface area contributed by atoms with Gasteiger partial charge in [0.15, 0.2) is 0 Å². The Hall–Kier alpha value is -1.84. The highest BCUT2D eigenvalue weighted by Gasteiger charge is 2.10. The Balaban J connectivity index is 2.17. The van der Waals surface area contributed by atoms with Crippen molar-refractivity contribution >= 4 is 0 Å². The lowest BCUT2D eigenvalue weighted by molar-refractivity contribution is 0.299. The summed E-state index contributed by atoms with van der Waals surface area (Å²) in [5, 5.41) is 8.90. The molecule has 0 aliphatic heterocycles. The molecule has 0 spiro atoms. The standard InChI is InChI=1S/C17H21NO2/c1-2-16(18)15-5-3-4-6-17(15)20-14-9-7-13(8-10-14)11-12-19/h3-10,16,19H,2,11-12,18H2,1H3/t16-/m0/s1. The molecule has 3 heteroatoms. The Morgan fingerprint density at radius 1 is 1.10 bits per heavy atom. The third-order valence-electron chi connectivity index (χ3n) is 3.31. The van der Waals surface area contributed by atoms with Crippen LogP contribution in [-0.4, -0.2) is 11.7 Å². The van der Waals surface area contributed by atoms with Gasteiger partial charge < -0.3 is 15.6 Å². The van der Waals surface area contributed by atoms with Crippen LogP contribution in [0.5, 0.6) is 11.5 Å². The number of rotatable bonds is 6. The summed E-state index contributed by atoms with van der Waals surface area (Å²) in [5.41, 5.74) is 8.22. The first kappa shape index (κ1) is 14.6. The Labute approximate surface area is 120 Å². The van der Waals surface area contributed by atoms with Crippen molar-refractivity contribution in [2.75, 3.05) is 6.61 Å². The van der Waals surface area contributed by atoms with E-state index in [-0.39, 0.29) is 12.6 Å². The van der Waals surface area contributed by atoms with Crippen LogP contribution in [0, 0.1) is 0 Å². The number of nitrogens with two attached hydrogens (primary N) is 1. The van der Waals surface area contributed by atoms with Gasteiger partial charge in [-0.25, -0.2) is 0 Å². The van der Waals surface area contributed by atoms with Crippen LogP contribution < -0.4 is 10.5 Å². The topological polar surface area (TPSA) is 55.5 Å². The third kappa shape index (κ3) is 3.59. The zero-order valence-electron chi connectivity index (χ0n) is 11.8. The second-order valence-corrected chi connectivity index (χ2v) is 4.77. The molecule has 3 N–H and O–H groups in total. The first-order chi connectivity index (χ1) is 9.74. The van der Waals surface area contributed by atoms with Gasteiger partial charge in [-0.05, 0) is 36.6 Å². The molecule has 106 valence electrons. The van der Waals surface area contributed by atoms with E-state index in [2.05, 4.69) is 6.92 Å². The van der Waals surface area contributed by atoms with Gasteiger partial charge in [0.05, 0.1) is 0 Å². The maximum atomic E-state index is 8.90. The molecular formula is C17H21NO2. The molecule has 3 nitrogen and oxygen atoms in total. The second-order valence-electron chi connectivity index (χ2n) is 4.77. The molecule has 2 aromatic rings. The second kappa shape index (κ2) is 7.08. The summed E-state index contributed by atoms with van der Waals surface area (Å²) < 4.78 is 5.92. The highest BCUT2D eigenvalue weighted by atomic mass is 16.5. The van der Waals surface area contributed by atoms with Gasteiger partial charge in [-0.2, -0.15) is 0 Å². The molecule has 0 unspecified atom stereocenters. The highest BCUT2D eigenvalue weighted by Crippen LogP contribution is 2.29. The summed E-state index contributed by atoms with van der Waals surface area (Å²) >= 11 is 0. The fraction of sp³-hybridized carbons (Fsp3) is 0.294. The Bertz CT molecular complexity index is 537. The monoisotopic (exact) mass is 271 g/mol. The predicted molar refractivity (Wildman–Crippen MR) is 81.0 cm³/mol. The highest BCUT2D eigenvalue weighted by molar-refractivity contribution is 5.40. The minimum absolute atomic E-state index is 0.0140. The normalized spacial score (nSPS) is 12.2. The van der Waals surface area contributed by atoms with E-state index < -0.39 is 0 Å². The predicted octanol–water partition coefficient (Wildman–Crippen LogP) is 3.42. The lowest BCUT2D eigenvalue weighted by Gasteiger charge is -2.15. The Morgan fingerprint density at radius 2 is 1.80 bits per heavy atom. The molecule has 2 aromatic carbocycles. The molecule has 0 heterocycles. The van der Waals surface area contributed by atoms with Crippen molar-refractivity contribution in [1.29, 1.82) is 0 Å². The quantitative estimate of drug-likeness (QED) is 0.846. The molecule has 0 amide bonds. The molecule has 0 aliphatic rings. The third-order valence-corrected chi connectivity index (χ3v) is 3.31.